The lowest BCUT2D eigenvalue weighted by molar-refractivity contribution is 0.438. The molecule has 0 saturated carbocycles. The molecule has 5 aromatic rings. The van der Waals surface area contributed by atoms with E-state index in [9.17, 15) is 10.4 Å². The van der Waals surface area contributed by atoms with E-state index in [1.807, 2.05) is 42.5 Å². The lowest BCUT2D eigenvalue weighted by atomic mass is 10.1. The molecule has 5 rings (SSSR count). The monoisotopic (exact) mass is 420 g/mol. The van der Waals surface area contributed by atoms with Crippen molar-refractivity contribution in [3.05, 3.63) is 90.9 Å². The second kappa shape index (κ2) is 8.08. The number of ether oxygens (including phenoxy) is 1. The average Bonchev–Trinajstić information content (AvgIpc) is 3.20. The SMILES string of the molecule is N#Cc1c(Nc2ccc(Oc3ccncc3)cc2)nn2c(O)c(-c3ccccc3)cnc12. The van der Waals surface area contributed by atoms with Crippen LogP contribution in [0.3, 0.4) is 0 Å². The van der Waals surface area contributed by atoms with Crippen LogP contribution in [-0.2, 0) is 0 Å². The van der Waals surface area contributed by atoms with Crippen LogP contribution in [0, 0.1) is 11.3 Å². The molecule has 0 aliphatic heterocycles. The zero-order valence-electron chi connectivity index (χ0n) is 16.7. The molecular weight excluding hydrogens is 404 g/mol. The first-order valence-electron chi connectivity index (χ1n) is 9.74. The standard InChI is InChI=1S/C24H16N6O2/c25-14-20-22(28-17-6-8-18(9-7-17)32-19-10-12-26-13-11-19)29-30-23(20)27-15-21(24(30)31)16-4-2-1-3-5-16/h1-13,15,31H,(H,28,29). The molecule has 0 unspecified atom stereocenters. The Morgan fingerprint density at radius 1 is 0.938 bits per heavy atom. The Hall–Kier alpha value is -4.90. The number of benzene rings is 2. The van der Waals surface area contributed by atoms with Crippen LogP contribution in [0.2, 0.25) is 0 Å². The van der Waals surface area contributed by atoms with E-state index in [2.05, 4.69) is 26.5 Å². The Kier molecular flexibility index (Phi) is 4.82. The molecule has 3 heterocycles. The number of fused-ring (bicyclic) bond motifs is 1. The quantitative estimate of drug-likeness (QED) is 0.416. The Bertz CT molecular complexity index is 1430. The van der Waals surface area contributed by atoms with Crippen molar-refractivity contribution in [1.29, 1.82) is 5.26 Å². The molecule has 3 aromatic heterocycles. The summed E-state index contributed by atoms with van der Waals surface area (Å²) in [7, 11) is 0. The second-order valence-electron chi connectivity index (χ2n) is 6.87. The molecule has 154 valence electrons. The van der Waals surface area contributed by atoms with E-state index in [1.54, 1.807) is 36.7 Å². The lowest BCUT2D eigenvalue weighted by Crippen LogP contribution is -1.95. The molecule has 8 nitrogen and oxygen atoms in total. The van der Waals surface area contributed by atoms with Gasteiger partial charge in [0.2, 0.25) is 5.88 Å². The molecule has 0 aliphatic carbocycles. The van der Waals surface area contributed by atoms with Gasteiger partial charge in [-0.3, -0.25) is 4.98 Å². The summed E-state index contributed by atoms with van der Waals surface area (Å²) in [5.41, 5.74) is 2.53. The minimum atomic E-state index is -0.0909. The van der Waals surface area contributed by atoms with E-state index in [0.29, 0.717) is 28.6 Å². The van der Waals surface area contributed by atoms with Gasteiger partial charge in [0.1, 0.15) is 23.1 Å². The summed E-state index contributed by atoms with van der Waals surface area (Å²) in [6.45, 7) is 0. The topological polar surface area (TPSA) is 108 Å². The zero-order valence-corrected chi connectivity index (χ0v) is 16.7. The van der Waals surface area contributed by atoms with Gasteiger partial charge in [-0.05, 0) is 42.0 Å². The van der Waals surface area contributed by atoms with Crippen molar-refractivity contribution in [1.82, 2.24) is 19.6 Å². The van der Waals surface area contributed by atoms with Crippen LogP contribution in [0.15, 0.2) is 85.3 Å². The first-order chi connectivity index (χ1) is 15.7. The number of pyridine rings is 1. The van der Waals surface area contributed by atoms with Gasteiger partial charge in [-0.1, -0.05) is 30.3 Å². The zero-order chi connectivity index (χ0) is 21.9. The summed E-state index contributed by atoms with van der Waals surface area (Å²) < 4.78 is 7.03. The number of nitrogens with one attached hydrogen (secondary N) is 1. The minimum absolute atomic E-state index is 0.0909. The van der Waals surface area contributed by atoms with Crippen molar-refractivity contribution in [3.8, 4) is 34.6 Å². The predicted octanol–water partition coefficient (Wildman–Crippen LogP) is 4.90. The Morgan fingerprint density at radius 2 is 1.66 bits per heavy atom. The van der Waals surface area contributed by atoms with Crippen LogP contribution in [0.5, 0.6) is 17.4 Å². The van der Waals surface area contributed by atoms with Gasteiger partial charge in [0.15, 0.2) is 11.5 Å². The molecule has 0 aliphatic rings. The van der Waals surface area contributed by atoms with Crippen LogP contribution < -0.4 is 10.1 Å². The van der Waals surface area contributed by atoms with Crippen LogP contribution in [0.4, 0.5) is 11.5 Å². The fraction of sp³-hybridized carbons (Fsp3) is 0. The van der Waals surface area contributed by atoms with Gasteiger partial charge in [-0.2, -0.15) is 9.78 Å². The number of hydrogen-bond donors (Lipinski definition) is 2. The highest BCUT2D eigenvalue weighted by molar-refractivity contribution is 5.76. The van der Waals surface area contributed by atoms with Gasteiger partial charge in [0.05, 0.1) is 5.56 Å². The maximum absolute atomic E-state index is 10.8. The fourth-order valence-corrected chi connectivity index (χ4v) is 3.27. The van der Waals surface area contributed by atoms with Gasteiger partial charge in [0, 0.05) is 24.3 Å². The highest BCUT2D eigenvalue weighted by Crippen LogP contribution is 2.32. The van der Waals surface area contributed by atoms with Gasteiger partial charge in [0.25, 0.3) is 0 Å². The minimum Gasteiger partial charge on any atom is -0.493 e. The first-order valence-corrected chi connectivity index (χ1v) is 9.74. The molecule has 0 radical (unpaired) electrons. The van der Waals surface area contributed by atoms with Crippen molar-refractivity contribution < 1.29 is 9.84 Å². The molecule has 8 heteroatoms. The first kappa shape index (κ1) is 19.1. The summed E-state index contributed by atoms with van der Waals surface area (Å²) in [6, 6.07) is 22.2. The average molecular weight is 420 g/mol. The third-order valence-electron chi connectivity index (χ3n) is 4.82. The number of nitrogens with zero attached hydrogens (tertiary/aromatic N) is 5. The third-order valence-corrected chi connectivity index (χ3v) is 4.82. The van der Waals surface area contributed by atoms with Gasteiger partial charge in [-0.15, -0.1) is 5.10 Å². The van der Waals surface area contributed by atoms with E-state index in [-0.39, 0.29) is 17.1 Å². The summed E-state index contributed by atoms with van der Waals surface area (Å²) in [5.74, 6) is 1.54. The van der Waals surface area contributed by atoms with E-state index in [1.165, 1.54) is 10.7 Å². The smallest absolute Gasteiger partial charge is 0.223 e. The highest BCUT2D eigenvalue weighted by Gasteiger charge is 2.19. The molecule has 0 amide bonds. The van der Waals surface area contributed by atoms with E-state index in [0.717, 1.165) is 5.56 Å². The van der Waals surface area contributed by atoms with Crippen molar-refractivity contribution in [2.24, 2.45) is 0 Å². The number of anilines is 2. The largest absolute Gasteiger partial charge is 0.493 e. The molecule has 32 heavy (non-hydrogen) atoms. The molecular formula is C24H16N6O2. The summed E-state index contributed by atoms with van der Waals surface area (Å²) >= 11 is 0. The number of aromatic hydroxyl groups is 1. The molecule has 0 bridgehead atoms. The Morgan fingerprint density at radius 3 is 2.38 bits per heavy atom. The molecule has 0 atom stereocenters. The predicted molar refractivity (Wildman–Crippen MR) is 119 cm³/mol. The molecule has 2 aromatic carbocycles. The van der Waals surface area contributed by atoms with Gasteiger partial charge in [-0.25, -0.2) is 4.98 Å². The molecule has 0 saturated heterocycles. The van der Waals surface area contributed by atoms with E-state index < -0.39 is 0 Å². The normalized spacial score (nSPS) is 10.6. The molecule has 2 N–H and O–H groups in total. The number of rotatable bonds is 5. The fourth-order valence-electron chi connectivity index (χ4n) is 3.27. The van der Waals surface area contributed by atoms with Crippen LogP contribution >= 0.6 is 0 Å². The Labute approximate surface area is 183 Å². The maximum Gasteiger partial charge on any atom is 0.223 e. The number of aromatic nitrogens is 4. The number of nitriles is 1. The van der Waals surface area contributed by atoms with Crippen molar-refractivity contribution in [2.75, 3.05) is 5.32 Å². The van der Waals surface area contributed by atoms with Gasteiger partial charge < -0.3 is 15.2 Å². The summed E-state index contributed by atoms with van der Waals surface area (Å²) in [4.78, 5) is 8.33. The van der Waals surface area contributed by atoms with Gasteiger partial charge >= 0.3 is 0 Å². The summed E-state index contributed by atoms with van der Waals surface area (Å²) in [5, 5.41) is 28.0. The van der Waals surface area contributed by atoms with Crippen LogP contribution in [0.25, 0.3) is 16.8 Å². The van der Waals surface area contributed by atoms with Crippen molar-refractivity contribution >= 4 is 17.2 Å². The second-order valence-corrected chi connectivity index (χ2v) is 6.87. The molecule has 0 fully saturated rings. The van der Waals surface area contributed by atoms with Crippen LogP contribution in [0.1, 0.15) is 5.56 Å². The van der Waals surface area contributed by atoms with Crippen molar-refractivity contribution in [3.63, 3.8) is 0 Å². The Balaban J connectivity index is 1.45. The van der Waals surface area contributed by atoms with Crippen LogP contribution in [-0.4, -0.2) is 24.7 Å². The van der Waals surface area contributed by atoms with E-state index >= 15 is 0 Å². The summed E-state index contributed by atoms with van der Waals surface area (Å²) in [6.07, 6.45) is 4.85. The lowest BCUT2D eigenvalue weighted by Gasteiger charge is -2.07. The van der Waals surface area contributed by atoms with E-state index in [4.69, 9.17) is 4.74 Å². The number of hydrogen-bond acceptors (Lipinski definition) is 7. The highest BCUT2D eigenvalue weighted by atomic mass is 16.5. The van der Waals surface area contributed by atoms with Crippen molar-refractivity contribution in [2.45, 2.75) is 0 Å². The molecule has 0 spiro atoms. The third kappa shape index (κ3) is 3.55. The maximum atomic E-state index is 10.8.